The van der Waals surface area contributed by atoms with E-state index in [0.29, 0.717) is 16.4 Å². The normalized spacial score (nSPS) is 11.7. The standard InChI is InChI=1S/C17H24ClN3O2S/c1-17(2,3)23-16(22)20(4)9-5-6-10-21-13-8-7-12(18)11-14(13)24-15(21)19/h7-8,11,19H,5-6,9-10H2,1-4H3. The molecule has 1 heterocycles. The molecule has 0 saturated heterocycles. The van der Waals surface area contributed by atoms with Crippen LogP contribution >= 0.6 is 22.9 Å². The van der Waals surface area contributed by atoms with Gasteiger partial charge in [-0.25, -0.2) is 4.79 Å². The van der Waals surface area contributed by atoms with Crippen molar-refractivity contribution in [3.63, 3.8) is 0 Å². The molecule has 7 heteroatoms. The first-order valence-corrected chi connectivity index (χ1v) is 9.14. The molecule has 24 heavy (non-hydrogen) atoms. The number of ether oxygens (including phenoxy) is 1. The zero-order chi connectivity index (χ0) is 17.9. The van der Waals surface area contributed by atoms with Gasteiger partial charge in [0, 0.05) is 25.2 Å². The minimum atomic E-state index is -0.474. The van der Waals surface area contributed by atoms with E-state index in [1.54, 1.807) is 11.9 Å². The van der Waals surface area contributed by atoms with Gasteiger partial charge in [0.1, 0.15) is 5.60 Å². The molecule has 1 aromatic heterocycles. The number of aromatic nitrogens is 1. The van der Waals surface area contributed by atoms with Crippen molar-refractivity contribution in [1.82, 2.24) is 9.47 Å². The summed E-state index contributed by atoms with van der Waals surface area (Å²) < 4.78 is 8.35. The molecule has 0 bridgehead atoms. The maximum absolute atomic E-state index is 11.9. The van der Waals surface area contributed by atoms with Crippen LogP contribution in [0.25, 0.3) is 10.2 Å². The lowest BCUT2D eigenvalue weighted by Crippen LogP contribution is -2.34. The summed E-state index contributed by atoms with van der Waals surface area (Å²) >= 11 is 7.43. The van der Waals surface area contributed by atoms with Crippen molar-refractivity contribution in [1.29, 1.82) is 5.41 Å². The van der Waals surface area contributed by atoms with E-state index in [-0.39, 0.29) is 6.09 Å². The SMILES string of the molecule is CN(CCCCn1c(=N)sc2cc(Cl)ccc21)C(=O)OC(C)(C)C. The van der Waals surface area contributed by atoms with Gasteiger partial charge >= 0.3 is 6.09 Å². The molecule has 0 atom stereocenters. The lowest BCUT2D eigenvalue weighted by atomic mass is 10.2. The van der Waals surface area contributed by atoms with Crippen LogP contribution in [0.5, 0.6) is 0 Å². The van der Waals surface area contributed by atoms with E-state index in [1.807, 2.05) is 43.5 Å². The number of nitrogens with one attached hydrogen (secondary N) is 1. The summed E-state index contributed by atoms with van der Waals surface area (Å²) in [5.41, 5.74) is 0.563. The van der Waals surface area contributed by atoms with Crippen molar-refractivity contribution in [3.05, 3.63) is 28.0 Å². The number of thiazole rings is 1. The minimum absolute atomic E-state index is 0.299. The quantitative estimate of drug-likeness (QED) is 0.790. The molecule has 0 unspecified atom stereocenters. The van der Waals surface area contributed by atoms with Gasteiger partial charge in [-0.3, -0.25) is 5.41 Å². The predicted octanol–water partition coefficient (Wildman–Crippen LogP) is 4.48. The zero-order valence-electron chi connectivity index (χ0n) is 14.6. The van der Waals surface area contributed by atoms with Crippen molar-refractivity contribution < 1.29 is 9.53 Å². The van der Waals surface area contributed by atoms with Gasteiger partial charge in [0.25, 0.3) is 0 Å². The smallest absolute Gasteiger partial charge is 0.410 e. The lowest BCUT2D eigenvalue weighted by Gasteiger charge is -2.24. The molecule has 1 N–H and O–H groups in total. The third-order valence-corrected chi connectivity index (χ3v) is 4.69. The molecule has 0 saturated carbocycles. The van der Waals surface area contributed by atoms with E-state index in [1.165, 1.54) is 11.3 Å². The third kappa shape index (κ3) is 4.98. The highest BCUT2D eigenvalue weighted by atomic mass is 35.5. The largest absolute Gasteiger partial charge is 0.444 e. The number of aryl methyl sites for hydroxylation is 1. The van der Waals surface area contributed by atoms with Gasteiger partial charge in [-0.2, -0.15) is 0 Å². The second-order valence-electron chi connectivity index (χ2n) is 6.78. The number of unbranched alkanes of at least 4 members (excludes halogenated alkanes) is 1. The maximum Gasteiger partial charge on any atom is 0.410 e. The van der Waals surface area contributed by atoms with E-state index in [4.69, 9.17) is 21.7 Å². The number of carbonyl (C=O) groups excluding carboxylic acids is 1. The number of hydrogen-bond acceptors (Lipinski definition) is 4. The summed E-state index contributed by atoms with van der Waals surface area (Å²) in [6.07, 6.45) is 1.44. The van der Waals surface area contributed by atoms with Crippen LogP contribution < -0.4 is 4.80 Å². The van der Waals surface area contributed by atoms with Crippen molar-refractivity contribution in [2.75, 3.05) is 13.6 Å². The number of halogens is 1. The van der Waals surface area contributed by atoms with Gasteiger partial charge in [-0.1, -0.05) is 22.9 Å². The first kappa shape index (κ1) is 18.8. The fraction of sp³-hybridized carbons (Fsp3) is 0.529. The average Bonchev–Trinajstić information content (AvgIpc) is 2.76. The molecule has 0 aliphatic heterocycles. The van der Waals surface area contributed by atoms with Gasteiger partial charge in [0.2, 0.25) is 0 Å². The Labute approximate surface area is 151 Å². The Bertz CT molecular complexity index is 776. The molecule has 1 amide bonds. The van der Waals surface area contributed by atoms with Gasteiger partial charge in [0.15, 0.2) is 4.80 Å². The van der Waals surface area contributed by atoms with E-state index < -0.39 is 5.60 Å². The second-order valence-corrected chi connectivity index (χ2v) is 8.25. The molecule has 0 radical (unpaired) electrons. The van der Waals surface area contributed by atoms with Crippen LogP contribution in [0.4, 0.5) is 4.79 Å². The molecular formula is C17H24ClN3O2S. The maximum atomic E-state index is 11.9. The molecule has 2 rings (SSSR count). The van der Waals surface area contributed by atoms with Crippen LogP contribution in [0.1, 0.15) is 33.6 Å². The van der Waals surface area contributed by atoms with Crippen molar-refractivity contribution in [2.45, 2.75) is 45.8 Å². The van der Waals surface area contributed by atoms with Crippen LogP contribution in [0.2, 0.25) is 5.02 Å². The Hall–Kier alpha value is -1.53. The van der Waals surface area contributed by atoms with Crippen LogP contribution in [-0.4, -0.2) is 34.8 Å². The fourth-order valence-corrected chi connectivity index (χ4v) is 3.55. The lowest BCUT2D eigenvalue weighted by molar-refractivity contribution is 0.0296. The third-order valence-electron chi connectivity index (χ3n) is 3.49. The van der Waals surface area contributed by atoms with Gasteiger partial charge in [-0.05, 0) is 51.8 Å². The number of amides is 1. The Balaban J connectivity index is 1.88. The first-order valence-electron chi connectivity index (χ1n) is 7.95. The molecule has 5 nitrogen and oxygen atoms in total. The molecule has 0 fully saturated rings. The van der Waals surface area contributed by atoms with Crippen molar-refractivity contribution in [2.24, 2.45) is 0 Å². The highest BCUT2D eigenvalue weighted by Crippen LogP contribution is 2.22. The zero-order valence-corrected chi connectivity index (χ0v) is 16.1. The number of carbonyl (C=O) groups is 1. The van der Waals surface area contributed by atoms with E-state index in [2.05, 4.69) is 0 Å². The van der Waals surface area contributed by atoms with E-state index in [0.717, 1.165) is 29.6 Å². The minimum Gasteiger partial charge on any atom is -0.444 e. The highest BCUT2D eigenvalue weighted by molar-refractivity contribution is 7.16. The Kier molecular flexibility index (Phi) is 5.93. The van der Waals surface area contributed by atoms with Gasteiger partial charge < -0.3 is 14.2 Å². The number of fused-ring (bicyclic) bond motifs is 1. The monoisotopic (exact) mass is 369 g/mol. The average molecular weight is 370 g/mol. The molecule has 1 aromatic carbocycles. The van der Waals surface area contributed by atoms with Crippen molar-refractivity contribution in [3.8, 4) is 0 Å². The van der Waals surface area contributed by atoms with E-state index >= 15 is 0 Å². The fourth-order valence-electron chi connectivity index (χ4n) is 2.33. The van der Waals surface area contributed by atoms with Crippen LogP contribution in [0.3, 0.4) is 0 Å². The van der Waals surface area contributed by atoms with E-state index in [9.17, 15) is 4.79 Å². The second kappa shape index (κ2) is 7.57. The predicted molar refractivity (Wildman–Crippen MR) is 98.8 cm³/mol. The Morgan fingerprint density at radius 2 is 2.08 bits per heavy atom. The number of nitrogens with zero attached hydrogens (tertiary/aromatic N) is 2. The molecular weight excluding hydrogens is 346 g/mol. The van der Waals surface area contributed by atoms with Crippen LogP contribution in [0.15, 0.2) is 18.2 Å². The summed E-state index contributed by atoms with van der Waals surface area (Å²) in [7, 11) is 1.75. The summed E-state index contributed by atoms with van der Waals surface area (Å²) in [6, 6.07) is 5.70. The molecule has 0 spiro atoms. The summed E-state index contributed by atoms with van der Waals surface area (Å²) in [4.78, 5) is 14.0. The molecule has 0 aliphatic carbocycles. The van der Waals surface area contributed by atoms with Gasteiger partial charge in [-0.15, -0.1) is 0 Å². The summed E-state index contributed by atoms with van der Waals surface area (Å²) in [6.45, 7) is 6.97. The molecule has 2 aromatic rings. The number of hydrogen-bond donors (Lipinski definition) is 1. The topological polar surface area (TPSA) is 58.3 Å². The highest BCUT2D eigenvalue weighted by Gasteiger charge is 2.19. The molecule has 132 valence electrons. The van der Waals surface area contributed by atoms with Crippen LogP contribution in [-0.2, 0) is 11.3 Å². The summed E-state index contributed by atoms with van der Waals surface area (Å²) in [5, 5.41) is 8.80. The van der Waals surface area contributed by atoms with Crippen molar-refractivity contribution >= 4 is 39.2 Å². The number of rotatable bonds is 5. The molecule has 0 aliphatic rings. The van der Waals surface area contributed by atoms with Gasteiger partial charge in [0.05, 0.1) is 10.2 Å². The van der Waals surface area contributed by atoms with Crippen LogP contribution in [0, 0.1) is 5.41 Å². The Morgan fingerprint density at radius 3 is 2.75 bits per heavy atom. The Morgan fingerprint density at radius 1 is 1.38 bits per heavy atom. The summed E-state index contributed by atoms with van der Waals surface area (Å²) in [5.74, 6) is 0. The number of benzene rings is 1. The first-order chi connectivity index (χ1) is 11.2.